The van der Waals surface area contributed by atoms with E-state index in [0.717, 1.165) is 36.3 Å². The standard InChI is InChI=1S/C29H42N6O4S/c1-3-31-25-17-23(18-26(19-25)35-13-8-9-15-40(35,38)39)29(37)32-27(16-22-10-6-5-7-11-22)28(36)21-30-20-24-12-14-34(4-2)33-24/h5-7,10-12,14,17-19,27-28,30-31,36,38-39H,3-4,8-9,13,15-16,20-21H2,1-2H3,(H,32,37)/t27-,28-/m0/s1. The Balaban J connectivity index is 1.52. The van der Waals surface area contributed by atoms with Crippen molar-refractivity contribution in [3.05, 3.63) is 77.6 Å². The van der Waals surface area contributed by atoms with Gasteiger partial charge in [0.25, 0.3) is 5.91 Å². The van der Waals surface area contributed by atoms with Gasteiger partial charge in [-0.05, 0) is 62.9 Å². The number of benzene rings is 2. The largest absolute Gasteiger partial charge is 0.390 e. The molecule has 0 saturated carbocycles. The van der Waals surface area contributed by atoms with Crippen LogP contribution in [0.25, 0.3) is 0 Å². The van der Waals surface area contributed by atoms with Crippen molar-refractivity contribution < 1.29 is 19.0 Å². The van der Waals surface area contributed by atoms with E-state index in [0.29, 0.717) is 43.1 Å². The van der Waals surface area contributed by atoms with Crippen LogP contribution in [0.2, 0.25) is 0 Å². The Morgan fingerprint density at radius 1 is 1.10 bits per heavy atom. The molecule has 2 heterocycles. The molecule has 1 saturated heterocycles. The number of amides is 1. The maximum Gasteiger partial charge on any atom is 0.251 e. The summed E-state index contributed by atoms with van der Waals surface area (Å²) in [5.74, 6) is -0.0204. The fourth-order valence-corrected chi connectivity index (χ4v) is 6.54. The van der Waals surface area contributed by atoms with Crippen LogP contribution in [0.1, 0.15) is 48.3 Å². The molecule has 218 valence electrons. The highest BCUT2D eigenvalue weighted by atomic mass is 32.3. The number of aryl methyl sites for hydroxylation is 1. The molecule has 1 amide bonds. The summed E-state index contributed by atoms with van der Waals surface area (Å²) >= 11 is 0. The molecule has 0 spiro atoms. The van der Waals surface area contributed by atoms with Gasteiger partial charge >= 0.3 is 0 Å². The van der Waals surface area contributed by atoms with E-state index in [-0.39, 0.29) is 12.5 Å². The number of rotatable bonds is 13. The van der Waals surface area contributed by atoms with Crippen molar-refractivity contribution in [2.75, 3.05) is 35.0 Å². The van der Waals surface area contributed by atoms with Crippen LogP contribution in [0.15, 0.2) is 60.8 Å². The third-order valence-electron chi connectivity index (χ3n) is 6.99. The van der Waals surface area contributed by atoms with Crippen molar-refractivity contribution in [3.63, 3.8) is 0 Å². The van der Waals surface area contributed by atoms with E-state index in [1.165, 1.54) is 0 Å². The predicted octanol–water partition coefficient (Wildman–Crippen LogP) is 4.09. The summed E-state index contributed by atoms with van der Waals surface area (Å²) < 4.78 is 24.9. The van der Waals surface area contributed by atoms with Crippen LogP contribution in [0.3, 0.4) is 0 Å². The van der Waals surface area contributed by atoms with E-state index in [2.05, 4.69) is 21.0 Å². The molecular formula is C29H42N6O4S. The summed E-state index contributed by atoms with van der Waals surface area (Å²) in [6.07, 6.45) is 3.12. The number of nitrogens with zero attached hydrogens (tertiary/aromatic N) is 3. The summed E-state index contributed by atoms with van der Waals surface area (Å²) in [5, 5.41) is 25.2. The van der Waals surface area contributed by atoms with Crippen LogP contribution >= 0.6 is 10.8 Å². The van der Waals surface area contributed by atoms with Crippen LogP contribution in [0.4, 0.5) is 11.4 Å². The lowest BCUT2D eigenvalue weighted by molar-refractivity contribution is 0.0829. The van der Waals surface area contributed by atoms with E-state index >= 15 is 0 Å². The highest BCUT2D eigenvalue weighted by molar-refractivity contribution is 8.25. The molecule has 2 atom stereocenters. The Hall–Kier alpha value is -3.09. The third-order valence-corrected chi connectivity index (χ3v) is 8.93. The van der Waals surface area contributed by atoms with Gasteiger partial charge in [-0.3, -0.25) is 22.9 Å². The number of aliphatic hydroxyl groups is 1. The average molecular weight is 571 g/mol. The monoisotopic (exact) mass is 570 g/mol. The number of anilines is 2. The molecule has 1 aliphatic rings. The minimum absolute atomic E-state index is 0.272. The van der Waals surface area contributed by atoms with Gasteiger partial charge in [0.1, 0.15) is 0 Å². The molecule has 0 radical (unpaired) electrons. The van der Waals surface area contributed by atoms with Gasteiger partial charge in [0.2, 0.25) is 0 Å². The van der Waals surface area contributed by atoms with Crippen molar-refractivity contribution in [3.8, 4) is 0 Å². The van der Waals surface area contributed by atoms with Gasteiger partial charge in [-0.1, -0.05) is 30.3 Å². The molecule has 6 N–H and O–H groups in total. The molecule has 3 aromatic rings. The molecule has 0 bridgehead atoms. The zero-order valence-corrected chi connectivity index (χ0v) is 24.1. The Kier molecular flexibility index (Phi) is 10.5. The number of aromatic nitrogens is 2. The maximum absolute atomic E-state index is 13.6. The van der Waals surface area contributed by atoms with Gasteiger partial charge in [-0.15, -0.1) is 10.8 Å². The Bertz CT molecular complexity index is 1240. The number of carbonyl (C=O) groups excluding carboxylic acids is 1. The first kappa shape index (κ1) is 29.9. The normalized spacial score (nSPS) is 17.2. The van der Waals surface area contributed by atoms with E-state index in [9.17, 15) is 19.0 Å². The van der Waals surface area contributed by atoms with Crippen molar-refractivity contribution in [1.82, 2.24) is 20.4 Å². The number of hydrogen-bond donors (Lipinski definition) is 6. The van der Waals surface area contributed by atoms with Crippen molar-refractivity contribution in [2.45, 2.75) is 58.3 Å². The number of carbonyl (C=O) groups is 1. The van der Waals surface area contributed by atoms with Gasteiger partial charge in [0, 0.05) is 50.2 Å². The second kappa shape index (κ2) is 14.0. The number of aliphatic hydroxyl groups excluding tert-OH is 1. The SMILES string of the molecule is CCNc1cc(C(=O)N[C@@H](Cc2ccccc2)[C@@H](O)CNCc2ccn(CC)n2)cc(N2CCCCS2(O)O)c1. The average Bonchev–Trinajstić information content (AvgIpc) is 3.41. The highest BCUT2D eigenvalue weighted by Gasteiger charge is 2.28. The molecular weight excluding hydrogens is 528 g/mol. The Labute approximate surface area is 238 Å². The summed E-state index contributed by atoms with van der Waals surface area (Å²) in [7, 11) is -2.94. The molecule has 2 aromatic carbocycles. The molecule has 0 unspecified atom stereocenters. The zero-order chi connectivity index (χ0) is 28.5. The minimum Gasteiger partial charge on any atom is -0.390 e. The lowest BCUT2D eigenvalue weighted by atomic mass is 10.00. The number of hydrogen-bond acceptors (Lipinski definition) is 8. The molecule has 1 aromatic heterocycles. The van der Waals surface area contributed by atoms with Gasteiger partial charge in [0.05, 0.1) is 29.3 Å². The first-order valence-electron chi connectivity index (χ1n) is 14.0. The zero-order valence-electron chi connectivity index (χ0n) is 23.3. The van der Waals surface area contributed by atoms with Crippen LogP contribution in [0.5, 0.6) is 0 Å². The van der Waals surface area contributed by atoms with Crippen LogP contribution < -0.4 is 20.3 Å². The first-order chi connectivity index (χ1) is 19.3. The van der Waals surface area contributed by atoms with E-state index in [1.54, 1.807) is 16.4 Å². The topological polar surface area (TPSA) is 135 Å². The Morgan fingerprint density at radius 2 is 1.90 bits per heavy atom. The molecule has 1 aliphatic heterocycles. The lowest BCUT2D eigenvalue weighted by Crippen LogP contribution is -2.48. The summed E-state index contributed by atoms with van der Waals surface area (Å²) in [6.45, 7) is 6.73. The quantitative estimate of drug-likeness (QED) is 0.181. The lowest BCUT2D eigenvalue weighted by Gasteiger charge is -2.47. The van der Waals surface area contributed by atoms with Crippen LogP contribution in [-0.4, -0.2) is 67.4 Å². The molecule has 1 fully saturated rings. The molecule has 40 heavy (non-hydrogen) atoms. The summed E-state index contributed by atoms with van der Waals surface area (Å²) in [4.78, 5) is 13.6. The fourth-order valence-electron chi connectivity index (χ4n) is 4.87. The summed E-state index contributed by atoms with van der Waals surface area (Å²) in [5.41, 5.74) is 3.58. The van der Waals surface area contributed by atoms with Gasteiger partial charge in [0.15, 0.2) is 0 Å². The highest BCUT2D eigenvalue weighted by Crippen LogP contribution is 2.50. The Morgan fingerprint density at radius 3 is 2.60 bits per heavy atom. The summed E-state index contributed by atoms with van der Waals surface area (Å²) in [6, 6.07) is 16.4. The maximum atomic E-state index is 13.6. The molecule has 0 aliphatic carbocycles. The van der Waals surface area contributed by atoms with Gasteiger partial charge in [-0.25, -0.2) is 0 Å². The van der Waals surface area contributed by atoms with Crippen LogP contribution in [0, 0.1) is 0 Å². The van der Waals surface area contributed by atoms with Crippen molar-refractivity contribution in [2.24, 2.45) is 0 Å². The van der Waals surface area contributed by atoms with E-state index in [4.69, 9.17) is 0 Å². The van der Waals surface area contributed by atoms with Gasteiger partial charge in [-0.2, -0.15) is 5.10 Å². The second-order valence-electron chi connectivity index (χ2n) is 10.1. The van der Waals surface area contributed by atoms with Crippen molar-refractivity contribution >= 4 is 28.1 Å². The second-order valence-corrected chi connectivity index (χ2v) is 12.2. The molecule has 11 heteroatoms. The molecule has 4 rings (SSSR count). The smallest absolute Gasteiger partial charge is 0.251 e. The molecule has 10 nitrogen and oxygen atoms in total. The van der Waals surface area contributed by atoms with Crippen molar-refractivity contribution in [1.29, 1.82) is 0 Å². The first-order valence-corrected chi connectivity index (χ1v) is 15.6. The number of nitrogens with one attached hydrogen (secondary N) is 3. The fraction of sp³-hybridized carbons (Fsp3) is 0.448. The van der Waals surface area contributed by atoms with E-state index in [1.807, 2.05) is 67.2 Å². The van der Waals surface area contributed by atoms with Gasteiger partial charge < -0.3 is 21.1 Å². The minimum atomic E-state index is -2.94. The third kappa shape index (κ3) is 7.98. The van der Waals surface area contributed by atoms with E-state index < -0.39 is 22.9 Å². The predicted molar refractivity (Wildman–Crippen MR) is 162 cm³/mol. The van der Waals surface area contributed by atoms with Crippen LogP contribution in [-0.2, 0) is 19.5 Å².